The van der Waals surface area contributed by atoms with Crippen molar-refractivity contribution in [3.05, 3.63) is 28.2 Å². The molecule has 1 aliphatic carbocycles. The number of hydrogen-bond donors (Lipinski definition) is 1. The monoisotopic (exact) mass is 364 g/mol. The number of carboxylic acids is 1. The Morgan fingerprint density at radius 1 is 1.20 bits per heavy atom. The highest BCUT2D eigenvalue weighted by molar-refractivity contribution is 7.16. The Morgan fingerprint density at radius 3 is 2.36 bits per heavy atom. The molecule has 1 amide bonds. The molecule has 0 spiro atoms. The van der Waals surface area contributed by atoms with Gasteiger partial charge in [0, 0.05) is 16.8 Å². The van der Waals surface area contributed by atoms with Crippen molar-refractivity contribution in [3.63, 3.8) is 0 Å². The maximum Gasteiger partial charge on any atom is 0.341 e. The van der Waals surface area contributed by atoms with Gasteiger partial charge in [-0.3, -0.25) is 4.79 Å². The van der Waals surface area contributed by atoms with E-state index in [-0.39, 0.29) is 12.5 Å². The number of carbonyl (C=O) groups is 3. The molecule has 25 heavy (non-hydrogen) atoms. The molecule has 0 radical (unpaired) electrons. The molecule has 0 saturated heterocycles. The van der Waals surface area contributed by atoms with Crippen LogP contribution in [0.1, 0.15) is 47.5 Å². The van der Waals surface area contributed by atoms with E-state index in [4.69, 9.17) is 4.74 Å². The average Bonchev–Trinajstić information content (AvgIpc) is 2.80. The molecule has 2 atom stereocenters. The molecular weight excluding hydrogens is 342 g/mol. The van der Waals surface area contributed by atoms with Gasteiger partial charge in [-0.1, -0.05) is 12.2 Å². The third-order valence-corrected chi connectivity index (χ3v) is 5.36. The summed E-state index contributed by atoms with van der Waals surface area (Å²) in [5.41, 5.74) is 1.09. The lowest BCUT2D eigenvalue weighted by atomic mass is 9.82. The minimum absolute atomic E-state index is 0.269. The van der Waals surface area contributed by atoms with Crippen molar-refractivity contribution in [2.24, 2.45) is 11.8 Å². The third-order valence-electron chi connectivity index (χ3n) is 4.24. The number of nitrogens with one attached hydrogen (secondary N) is 1. The van der Waals surface area contributed by atoms with Gasteiger partial charge in [0.1, 0.15) is 5.00 Å². The maximum atomic E-state index is 12.6. The number of allylic oxidation sites excluding steroid dienone is 2. The van der Waals surface area contributed by atoms with E-state index in [0.29, 0.717) is 17.0 Å². The number of aliphatic carboxylic acids is 1. The summed E-state index contributed by atoms with van der Waals surface area (Å²) in [4.78, 5) is 37.2. The van der Waals surface area contributed by atoms with E-state index < -0.39 is 29.7 Å². The van der Waals surface area contributed by atoms with Gasteiger partial charge in [0.25, 0.3) is 0 Å². The van der Waals surface area contributed by atoms with Gasteiger partial charge in [0.05, 0.1) is 17.6 Å². The predicted molar refractivity (Wildman–Crippen MR) is 93.3 cm³/mol. The van der Waals surface area contributed by atoms with E-state index in [1.807, 2.05) is 6.92 Å². The summed E-state index contributed by atoms with van der Waals surface area (Å²) in [5, 5.41) is 14.4. The van der Waals surface area contributed by atoms with Crippen LogP contribution < -0.4 is 10.4 Å². The van der Waals surface area contributed by atoms with Crippen LogP contribution in [0.15, 0.2) is 12.2 Å². The van der Waals surface area contributed by atoms with Crippen molar-refractivity contribution in [1.82, 2.24) is 0 Å². The molecule has 0 aromatic carbocycles. The molecule has 0 bridgehead atoms. The van der Waals surface area contributed by atoms with Crippen molar-refractivity contribution in [1.29, 1.82) is 0 Å². The Hall–Kier alpha value is -2.15. The third kappa shape index (κ3) is 4.28. The average molecular weight is 364 g/mol. The summed E-state index contributed by atoms with van der Waals surface area (Å²) in [7, 11) is 0. The van der Waals surface area contributed by atoms with E-state index in [0.717, 1.165) is 10.4 Å². The van der Waals surface area contributed by atoms with E-state index in [9.17, 15) is 19.5 Å². The Labute approximate surface area is 150 Å². The van der Waals surface area contributed by atoms with E-state index in [1.165, 1.54) is 11.3 Å². The first-order valence-electron chi connectivity index (χ1n) is 8.20. The number of amides is 1. The molecule has 0 saturated carbocycles. The van der Waals surface area contributed by atoms with Gasteiger partial charge in [-0.2, -0.15) is 0 Å². The van der Waals surface area contributed by atoms with Crippen molar-refractivity contribution in [3.8, 4) is 0 Å². The molecular formula is C18H22NO5S-. The zero-order valence-electron chi connectivity index (χ0n) is 14.8. The lowest BCUT2D eigenvalue weighted by molar-refractivity contribution is -0.313. The van der Waals surface area contributed by atoms with Crippen LogP contribution in [-0.2, 0) is 14.3 Å². The van der Waals surface area contributed by atoms with Gasteiger partial charge in [-0.15, -0.1) is 11.3 Å². The van der Waals surface area contributed by atoms with Crippen molar-refractivity contribution in [2.75, 3.05) is 5.32 Å². The van der Waals surface area contributed by atoms with Crippen LogP contribution in [-0.4, -0.2) is 23.9 Å². The van der Waals surface area contributed by atoms with E-state index >= 15 is 0 Å². The summed E-state index contributed by atoms with van der Waals surface area (Å²) < 4.78 is 5.26. The van der Waals surface area contributed by atoms with Crippen LogP contribution >= 0.6 is 11.3 Å². The molecule has 1 aromatic rings. The van der Waals surface area contributed by atoms with Gasteiger partial charge < -0.3 is 20.0 Å². The van der Waals surface area contributed by atoms with Crippen LogP contribution in [0.3, 0.4) is 0 Å². The molecule has 2 rings (SSSR count). The smallest absolute Gasteiger partial charge is 0.341 e. The number of anilines is 1. The lowest BCUT2D eigenvalue weighted by Gasteiger charge is -2.28. The van der Waals surface area contributed by atoms with Crippen molar-refractivity contribution >= 4 is 34.2 Å². The number of rotatable bonds is 5. The molecule has 1 aromatic heterocycles. The Kier molecular flexibility index (Phi) is 6.00. The fraction of sp³-hybridized carbons (Fsp3) is 0.500. The first-order valence-corrected chi connectivity index (χ1v) is 9.01. The summed E-state index contributed by atoms with van der Waals surface area (Å²) in [6.45, 7) is 7.16. The molecule has 0 unspecified atom stereocenters. The Morgan fingerprint density at radius 2 is 1.80 bits per heavy atom. The minimum atomic E-state index is -1.23. The zero-order valence-corrected chi connectivity index (χ0v) is 15.6. The highest BCUT2D eigenvalue weighted by Crippen LogP contribution is 2.35. The van der Waals surface area contributed by atoms with Crippen molar-refractivity contribution in [2.45, 2.75) is 46.6 Å². The molecule has 6 nitrogen and oxygen atoms in total. The summed E-state index contributed by atoms with van der Waals surface area (Å²) in [6, 6.07) is 0. The van der Waals surface area contributed by atoms with Gasteiger partial charge in [-0.25, -0.2) is 4.79 Å². The predicted octanol–water partition coefficient (Wildman–Crippen LogP) is 2.20. The SMILES string of the molecule is Cc1sc(NC(=O)[C@@H]2CC=CC[C@@H]2C(=O)[O-])c(C(=O)OC(C)C)c1C. The normalized spacial score (nSPS) is 19.7. The standard InChI is InChI=1S/C18H23NO5S/c1-9(2)24-18(23)14-10(3)11(4)25-16(14)19-15(20)12-7-5-6-8-13(12)17(21)22/h5-6,9,12-13H,7-8H2,1-4H3,(H,19,20)(H,21,22)/p-1/t12-,13+/m1/s1. The quantitative estimate of drug-likeness (QED) is 0.638. The van der Waals surface area contributed by atoms with Gasteiger partial charge in [0.2, 0.25) is 5.91 Å². The summed E-state index contributed by atoms with van der Waals surface area (Å²) in [5.74, 6) is -3.72. The molecule has 0 aliphatic heterocycles. The van der Waals surface area contributed by atoms with Gasteiger partial charge in [0.15, 0.2) is 0 Å². The second-order valence-corrected chi connectivity index (χ2v) is 7.63. The molecule has 136 valence electrons. The second-order valence-electron chi connectivity index (χ2n) is 6.41. The first-order chi connectivity index (χ1) is 11.7. The van der Waals surface area contributed by atoms with Crippen LogP contribution in [0.25, 0.3) is 0 Å². The topological polar surface area (TPSA) is 95.5 Å². The number of esters is 1. The second kappa shape index (κ2) is 7.82. The fourth-order valence-corrected chi connectivity index (χ4v) is 3.85. The maximum absolute atomic E-state index is 12.6. The highest BCUT2D eigenvalue weighted by Gasteiger charge is 2.31. The number of thiophene rings is 1. The Balaban J connectivity index is 2.26. The zero-order chi connectivity index (χ0) is 18.7. The van der Waals surface area contributed by atoms with Crippen LogP contribution in [0.4, 0.5) is 5.00 Å². The van der Waals surface area contributed by atoms with Crippen molar-refractivity contribution < 1.29 is 24.2 Å². The number of carboxylic acid groups (broad SMARTS) is 1. The van der Waals surface area contributed by atoms with Crippen LogP contribution in [0.2, 0.25) is 0 Å². The minimum Gasteiger partial charge on any atom is -0.550 e. The lowest BCUT2D eigenvalue weighted by Crippen LogP contribution is -2.41. The number of carbonyl (C=O) groups excluding carboxylic acids is 3. The van der Waals surface area contributed by atoms with Gasteiger partial charge in [-0.05, 0) is 46.1 Å². The molecule has 7 heteroatoms. The number of ether oxygens (including phenoxy) is 1. The summed E-state index contributed by atoms with van der Waals surface area (Å²) >= 11 is 1.28. The van der Waals surface area contributed by atoms with E-state index in [1.54, 1.807) is 32.9 Å². The highest BCUT2D eigenvalue weighted by atomic mass is 32.1. The molecule has 1 N–H and O–H groups in total. The molecule has 1 heterocycles. The van der Waals surface area contributed by atoms with E-state index in [2.05, 4.69) is 5.32 Å². The largest absolute Gasteiger partial charge is 0.550 e. The summed E-state index contributed by atoms with van der Waals surface area (Å²) in [6.07, 6.45) is 3.86. The molecule has 1 aliphatic rings. The first kappa shape index (κ1) is 19.2. The number of aryl methyl sites for hydroxylation is 1. The fourth-order valence-electron chi connectivity index (χ4n) is 2.80. The Bertz CT molecular complexity index is 719. The van der Waals surface area contributed by atoms with Crippen LogP contribution in [0, 0.1) is 25.7 Å². The number of hydrogen-bond acceptors (Lipinski definition) is 6. The van der Waals surface area contributed by atoms with Crippen LogP contribution in [0.5, 0.6) is 0 Å². The van der Waals surface area contributed by atoms with Gasteiger partial charge >= 0.3 is 5.97 Å². The molecule has 0 fully saturated rings.